The summed E-state index contributed by atoms with van der Waals surface area (Å²) in [6.07, 6.45) is 40.7. The van der Waals surface area contributed by atoms with Crippen molar-refractivity contribution in [2.24, 2.45) is 0 Å². The molecule has 0 aromatic carbocycles. The highest BCUT2D eigenvalue weighted by Gasteiger charge is 2.66. The largest absolute Gasteiger partial charge is 0.743 e. The van der Waals surface area contributed by atoms with Crippen LogP contribution in [-0.4, -0.2) is 101 Å². The van der Waals surface area contributed by atoms with E-state index in [-0.39, 0.29) is 0 Å². The van der Waals surface area contributed by atoms with Crippen molar-refractivity contribution >= 4 is 20.2 Å². The van der Waals surface area contributed by atoms with Crippen LogP contribution in [0.3, 0.4) is 0 Å². The Morgan fingerprint density at radius 3 is 0.630 bits per heavy atom. The van der Waals surface area contributed by atoms with Gasteiger partial charge >= 0.3 is 10.5 Å². The lowest BCUT2D eigenvalue weighted by atomic mass is 10.0. The van der Waals surface area contributed by atoms with Gasteiger partial charge in [-0.25, -0.2) is 16.8 Å². The van der Waals surface area contributed by atoms with Gasteiger partial charge in [-0.2, -0.15) is 17.6 Å². The lowest BCUT2D eigenvalue weighted by Crippen LogP contribution is -2.51. The van der Waals surface area contributed by atoms with Crippen LogP contribution >= 0.6 is 0 Å². The zero-order chi connectivity index (χ0) is 42.2. The molecule has 0 heterocycles. The van der Waals surface area contributed by atoms with Crippen molar-refractivity contribution in [1.29, 1.82) is 0 Å². The van der Waals surface area contributed by atoms with Crippen LogP contribution in [0.15, 0.2) is 0 Å². The molecule has 0 amide bonds. The summed E-state index contributed by atoms with van der Waals surface area (Å²) in [5.74, 6) is 0. The molecular formula is C40H84F4N2O6S2. The van der Waals surface area contributed by atoms with Gasteiger partial charge in [0.25, 0.3) is 0 Å². The van der Waals surface area contributed by atoms with Crippen molar-refractivity contribution in [3.63, 3.8) is 0 Å². The Kier molecular flexibility index (Phi) is 34.7. The molecule has 8 nitrogen and oxygen atoms in total. The summed E-state index contributed by atoms with van der Waals surface area (Å²) in [5.41, 5.74) is 0. The normalized spacial score (nSPS) is 12.9. The molecule has 0 aromatic heterocycles. The first kappa shape index (κ1) is 57.8. The number of rotatable bonds is 33. The molecule has 0 saturated heterocycles. The third-order valence-electron chi connectivity index (χ3n) is 9.33. The molecule has 0 spiro atoms. The van der Waals surface area contributed by atoms with E-state index in [0.29, 0.717) is 0 Å². The van der Waals surface area contributed by atoms with Crippen LogP contribution in [0.1, 0.15) is 194 Å². The monoisotopic (exact) mass is 829 g/mol. The van der Waals surface area contributed by atoms with Crippen LogP contribution in [0.25, 0.3) is 0 Å². The van der Waals surface area contributed by atoms with Crippen LogP contribution in [0.4, 0.5) is 17.6 Å². The zero-order valence-corrected chi connectivity index (χ0v) is 37.5. The molecule has 0 aliphatic heterocycles. The van der Waals surface area contributed by atoms with E-state index in [4.69, 9.17) is 0 Å². The van der Waals surface area contributed by atoms with Crippen molar-refractivity contribution in [3.05, 3.63) is 0 Å². The van der Waals surface area contributed by atoms with Gasteiger partial charge in [0.15, 0.2) is 20.2 Å². The molecule has 0 rings (SSSR count). The molecule has 0 fully saturated rings. The second kappa shape index (κ2) is 32.4. The number of halogens is 4. The van der Waals surface area contributed by atoms with Gasteiger partial charge in [-0.05, 0) is 25.7 Å². The van der Waals surface area contributed by atoms with Crippen molar-refractivity contribution in [2.75, 3.05) is 55.4 Å². The minimum Gasteiger partial charge on any atom is -0.743 e. The Hall–Kier alpha value is -0.540. The number of nitrogens with zero attached hydrogens (tertiary/aromatic N) is 2. The van der Waals surface area contributed by atoms with E-state index >= 15 is 0 Å². The van der Waals surface area contributed by atoms with Crippen LogP contribution in [0.5, 0.6) is 0 Å². The van der Waals surface area contributed by atoms with Gasteiger partial charge in [0, 0.05) is 0 Å². The fourth-order valence-electron chi connectivity index (χ4n) is 5.85. The molecule has 330 valence electrons. The van der Waals surface area contributed by atoms with E-state index in [1.54, 1.807) is 0 Å². The van der Waals surface area contributed by atoms with Crippen LogP contribution < -0.4 is 0 Å². The fourth-order valence-corrected chi connectivity index (χ4v) is 7.05. The van der Waals surface area contributed by atoms with Crippen LogP contribution in [-0.2, 0) is 20.2 Å². The molecule has 0 aliphatic rings. The lowest BCUT2D eigenvalue weighted by Gasteiger charge is -2.29. The van der Waals surface area contributed by atoms with E-state index in [1.165, 1.54) is 193 Å². The number of hydrogen-bond donors (Lipinski definition) is 0. The molecule has 14 heteroatoms. The summed E-state index contributed by atoms with van der Waals surface area (Å²) < 4.78 is 107. The number of unbranched alkanes of at least 4 members (excludes halogenated alkanes) is 26. The van der Waals surface area contributed by atoms with E-state index in [2.05, 4.69) is 56.1 Å². The van der Waals surface area contributed by atoms with E-state index in [1.807, 2.05) is 0 Å². The summed E-state index contributed by atoms with van der Waals surface area (Å²) in [7, 11) is -0.148. The number of alkyl halides is 4. The summed E-state index contributed by atoms with van der Waals surface area (Å²) in [6.45, 7) is 7.25. The van der Waals surface area contributed by atoms with Crippen molar-refractivity contribution in [1.82, 2.24) is 0 Å². The highest BCUT2D eigenvalue weighted by atomic mass is 32.2. The van der Waals surface area contributed by atoms with Gasteiger partial charge < -0.3 is 18.1 Å². The third-order valence-corrected chi connectivity index (χ3v) is 11.2. The summed E-state index contributed by atoms with van der Waals surface area (Å²) in [5, 5.41) is -13.0. The Morgan fingerprint density at radius 1 is 0.352 bits per heavy atom. The van der Waals surface area contributed by atoms with Gasteiger partial charge in [-0.1, -0.05) is 168 Å². The molecule has 0 bridgehead atoms. The molecule has 54 heavy (non-hydrogen) atoms. The maximum atomic E-state index is 12.0. The Bertz CT molecular complexity index is 981. The van der Waals surface area contributed by atoms with E-state index < -0.39 is 30.7 Å². The predicted molar refractivity (Wildman–Crippen MR) is 216 cm³/mol. The van der Waals surface area contributed by atoms with Crippen LogP contribution in [0, 0.1) is 0 Å². The maximum absolute atomic E-state index is 12.0. The standard InChI is InChI=1S/2C19H42N.C2H2F4O6S2/c2*1-5-6-7-8-9-10-11-12-13-14-15-16-17-18-19-20(2,3)4;3-1(4,13(7,8)9)2(5,6)14(10,11)12/h2*5-19H2,1-4H3;(H,7,8,9)(H,10,11,12)/q2*+1;/p-2. The summed E-state index contributed by atoms with van der Waals surface area (Å²) >= 11 is 0. The second-order valence-corrected chi connectivity index (χ2v) is 20.0. The van der Waals surface area contributed by atoms with E-state index in [0.717, 1.165) is 8.97 Å². The first-order chi connectivity index (χ1) is 24.9. The minimum atomic E-state index is -6.96. The van der Waals surface area contributed by atoms with Gasteiger partial charge in [0.05, 0.1) is 55.4 Å². The SMILES string of the molecule is CCCCCCCCCCCCCCCC[N+](C)(C)C.CCCCCCCCCCCCCCCC[N+](C)(C)C.O=S(=O)([O-])C(F)(F)C(F)(F)S(=O)(=O)[O-]. The Labute approximate surface area is 331 Å². The Morgan fingerprint density at radius 2 is 0.500 bits per heavy atom. The molecule has 0 radical (unpaired) electrons. The maximum Gasteiger partial charge on any atom is 0.409 e. The fraction of sp³-hybridized carbons (Fsp3) is 1.00. The smallest absolute Gasteiger partial charge is 0.409 e. The van der Waals surface area contributed by atoms with Gasteiger partial charge in [0.1, 0.15) is 0 Å². The third kappa shape index (κ3) is 35.8. The lowest BCUT2D eigenvalue weighted by molar-refractivity contribution is -0.870. The van der Waals surface area contributed by atoms with Crippen molar-refractivity contribution in [3.8, 4) is 0 Å². The van der Waals surface area contributed by atoms with Gasteiger partial charge in [-0.3, -0.25) is 0 Å². The summed E-state index contributed by atoms with van der Waals surface area (Å²) in [4.78, 5) is 0. The average Bonchev–Trinajstić information content (AvgIpc) is 3.03. The molecule has 0 N–H and O–H groups in total. The zero-order valence-electron chi connectivity index (χ0n) is 35.9. The highest BCUT2D eigenvalue weighted by molar-refractivity contribution is 7.91. The molecule has 0 atom stereocenters. The quantitative estimate of drug-likeness (QED) is 0.0282. The molecule has 0 saturated carbocycles. The molecule has 0 aliphatic carbocycles. The minimum absolute atomic E-state index is 1.12. The predicted octanol–water partition coefficient (Wildman–Crippen LogP) is 11.6. The highest BCUT2D eigenvalue weighted by Crippen LogP contribution is 2.41. The molecular weight excluding hydrogens is 745 g/mol. The second-order valence-electron chi connectivity index (χ2n) is 17.2. The first-order valence-electron chi connectivity index (χ1n) is 21.1. The Balaban J connectivity index is -0.000000736. The van der Waals surface area contributed by atoms with Gasteiger partial charge in [-0.15, -0.1) is 0 Å². The average molecular weight is 829 g/mol. The van der Waals surface area contributed by atoms with Crippen molar-refractivity contribution < 1.29 is 52.5 Å². The number of hydrogen-bond acceptors (Lipinski definition) is 6. The first-order valence-corrected chi connectivity index (χ1v) is 24.0. The molecule has 0 aromatic rings. The van der Waals surface area contributed by atoms with Crippen molar-refractivity contribution in [2.45, 2.75) is 204 Å². The number of quaternary nitrogens is 2. The summed E-state index contributed by atoms with van der Waals surface area (Å²) in [6, 6.07) is 0. The van der Waals surface area contributed by atoms with Crippen LogP contribution in [0.2, 0.25) is 0 Å². The van der Waals surface area contributed by atoms with E-state index in [9.17, 15) is 43.5 Å². The topological polar surface area (TPSA) is 114 Å². The molecule has 0 unspecified atom stereocenters. The van der Waals surface area contributed by atoms with Gasteiger partial charge in [0.2, 0.25) is 0 Å².